The van der Waals surface area contributed by atoms with E-state index in [0.29, 0.717) is 24.6 Å². The first-order valence-electron chi connectivity index (χ1n) is 4.84. The largest absolute Gasteiger partial charge is 0.340 e. The standard InChI is InChI=1S/C10H19NO2S/c1-10(2,3)9(12)11-5-7-14(4,13)8-6-11/h4-8H2,1-3H3. The molecule has 1 aliphatic rings. The van der Waals surface area contributed by atoms with Crippen molar-refractivity contribution >= 4 is 21.3 Å². The van der Waals surface area contributed by atoms with Crippen molar-refractivity contribution in [1.82, 2.24) is 4.90 Å². The van der Waals surface area contributed by atoms with E-state index in [1.54, 1.807) is 4.90 Å². The molecule has 0 spiro atoms. The van der Waals surface area contributed by atoms with Gasteiger partial charge in [0.05, 0.1) is 0 Å². The summed E-state index contributed by atoms with van der Waals surface area (Å²) < 4.78 is 11.6. The predicted octanol–water partition coefficient (Wildman–Crippen LogP) is 0.591. The van der Waals surface area contributed by atoms with Crippen molar-refractivity contribution in [1.29, 1.82) is 0 Å². The molecule has 0 aliphatic carbocycles. The summed E-state index contributed by atoms with van der Waals surface area (Å²) in [7, 11) is -1.89. The molecular weight excluding hydrogens is 198 g/mol. The third-order valence-electron chi connectivity index (χ3n) is 2.40. The van der Waals surface area contributed by atoms with E-state index in [1.165, 1.54) is 0 Å². The number of nitrogens with zero attached hydrogens (tertiary/aromatic N) is 1. The van der Waals surface area contributed by atoms with Gasteiger partial charge in [0.2, 0.25) is 5.91 Å². The summed E-state index contributed by atoms with van der Waals surface area (Å²) in [5.41, 5.74) is -0.334. The van der Waals surface area contributed by atoms with Crippen LogP contribution in [0, 0.1) is 5.41 Å². The molecule has 82 valence electrons. The molecule has 0 bridgehead atoms. The molecule has 1 fully saturated rings. The Balaban J connectivity index is 2.63. The van der Waals surface area contributed by atoms with Gasteiger partial charge in [0.25, 0.3) is 0 Å². The molecule has 0 unspecified atom stereocenters. The SMILES string of the molecule is C=S1(=O)CCN(C(=O)C(C)(C)C)CC1. The van der Waals surface area contributed by atoms with E-state index >= 15 is 0 Å². The smallest absolute Gasteiger partial charge is 0.228 e. The first-order chi connectivity index (χ1) is 6.22. The van der Waals surface area contributed by atoms with E-state index < -0.39 is 9.52 Å². The average molecular weight is 217 g/mol. The minimum Gasteiger partial charge on any atom is -0.340 e. The molecule has 0 N–H and O–H groups in total. The van der Waals surface area contributed by atoms with Crippen LogP contribution in [-0.4, -0.2) is 45.5 Å². The van der Waals surface area contributed by atoms with Crippen LogP contribution in [0.5, 0.6) is 0 Å². The lowest BCUT2D eigenvalue weighted by Crippen LogP contribution is -2.47. The number of rotatable bonds is 0. The molecule has 1 saturated heterocycles. The van der Waals surface area contributed by atoms with E-state index in [-0.39, 0.29) is 11.3 Å². The first kappa shape index (κ1) is 11.6. The van der Waals surface area contributed by atoms with Crippen LogP contribution in [0.15, 0.2) is 0 Å². The maximum Gasteiger partial charge on any atom is 0.228 e. The second-order valence-corrected chi connectivity index (χ2v) is 7.66. The second-order valence-electron chi connectivity index (χ2n) is 4.92. The van der Waals surface area contributed by atoms with Gasteiger partial charge in [0.1, 0.15) is 0 Å². The van der Waals surface area contributed by atoms with Gasteiger partial charge in [0, 0.05) is 30.0 Å². The molecule has 1 aliphatic heterocycles. The number of carbonyl (C=O) groups is 1. The molecule has 1 rings (SSSR count). The van der Waals surface area contributed by atoms with E-state index in [1.807, 2.05) is 20.8 Å². The molecule has 0 radical (unpaired) electrons. The Morgan fingerprint density at radius 2 is 1.71 bits per heavy atom. The van der Waals surface area contributed by atoms with Crippen molar-refractivity contribution in [2.75, 3.05) is 24.6 Å². The van der Waals surface area contributed by atoms with Crippen molar-refractivity contribution in [3.05, 3.63) is 0 Å². The Bertz CT molecular complexity index is 311. The van der Waals surface area contributed by atoms with Gasteiger partial charge in [-0.1, -0.05) is 20.8 Å². The Morgan fingerprint density at radius 1 is 1.29 bits per heavy atom. The van der Waals surface area contributed by atoms with Gasteiger partial charge < -0.3 is 4.90 Å². The zero-order valence-electron chi connectivity index (χ0n) is 9.21. The number of amides is 1. The van der Waals surface area contributed by atoms with Gasteiger partial charge in [-0.25, -0.2) is 0 Å². The summed E-state index contributed by atoms with van der Waals surface area (Å²) in [4.78, 5) is 13.6. The van der Waals surface area contributed by atoms with E-state index in [4.69, 9.17) is 0 Å². The molecule has 0 atom stereocenters. The molecule has 1 amide bonds. The highest BCUT2D eigenvalue weighted by Crippen LogP contribution is 2.18. The lowest BCUT2D eigenvalue weighted by atomic mass is 9.95. The molecular formula is C10H19NO2S. The van der Waals surface area contributed by atoms with E-state index in [0.717, 1.165) is 0 Å². The van der Waals surface area contributed by atoms with Crippen LogP contribution in [-0.2, 0) is 14.3 Å². The molecule has 0 aromatic rings. The fourth-order valence-electron chi connectivity index (χ4n) is 1.44. The normalized spacial score (nSPS) is 22.1. The molecule has 0 aromatic heterocycles. The van der Waals surface area contributed by atoms with Gasteiger partial charge >= 0.3 is 0 Å². The van der Waals surface area contributed by atoms with Crippen LogP contribution in [0.2, 0.25) is 0 Å². The molecule has 0 aromatic carbocycles. The summed E-state index contributed by atoms with van der Waals surface area (Å²) in [5, 5.41) is 0. The first-order valence-corrected chi connectivity index (χ1v) is 6.91. The van der Waals surface area contributed by atoms with Crippen LogP contribution in [0.3, 0.4) is 0 Å². The minimum absolute atomic E-state index is 0.146. The molecule has 0 saturated carbocycles. The molecule has 14 heavy (non-hydrogen) atoms. The number of carbonyl (C=O) groups excluding carboxylic acids is 1. The monoisotopic (exact) mass is 217 g/mol. The van der Waals surface area contributed by atoms with Crippen molar-refractivity contribution in [2.24, 2.45) is 5.41 Å². The summed E-state index contributed by atoms with van der Waals surface area (Å²) >= 11 is 0. The third kappa shape index (κ3) is 2.74. The quantitative estimate of drug-likeness (QED) is 0.557. The number of hydrogen-bond acceptors (Lipinski definition) is 2. The van der Waals surface area contributed by atoms with Crippen molar-refractivity contribution < 1.29 is 9.00 Å². The number of hydrogen-bond donors (Lipinski definition) is 0. The van der Waals surface area contributed by atoms with Crippen LogP contribution in [0.1, 0.15) is 20.8 Å². The zero-order chi connectivity index (χ0) is 11.0. The van der Waals surface area contributed by atoms with Crippen LogP contribution < -0.4 is 0 Å². The summed E-state index contributed by atoms with van der Waals surface area (Å²) in [6.07, 6.45) is 0. The van der Waals surface area contributed by atoms with Gasteiger partial charge in [-0.15, -0.1) is 0 Å². The van der Waals surface area contributed by atoms with Gasteiger partial charge in [-0.2, -0.15) is 0 Å². The fourth-order valence-corrected chi connectivity index (χ4v) is 2.75. The molecule has 1 heterocycles. The Kier molecular flexibility index (Phi) is 2.95. The van der Waals surface area contributed by atoms with Crippen LogP contribution >= 0.6 is 0 Å². The highest BCUT2D eigenvalue weighted by Gasteiger charge is 2.29. The maximum absolute atomic E-state index is 11.8. The van der Waals surface area contributed by atoms with Gasteiger partial charge in [0.15, 0.2) is 0 Å². The maximum atomic E-state index is 11.8. The lowest BCUT2D eigenvalue weighted by Gasteiger charge is -2.33. The summed E-state index contributed by atoms with van der Waals surface area (Å²) in [6, 6.07) is 0. The van der Waals surface area contributed by atoms with Crippen molar-refractivity contribution in [3.8, 4) is 0 Å². The molecule has 4 heteroatoms. The van der Waals surface area contributed by atoms with Crippen molar-refractivity contribution in [3.63, 3.8) is 0 Å². The second kappa shape index (κ2) is 3.57. The Labute approximate surface area is 86.5 Å². The molecule has 3 nitrogen and oxygen atoms in total. The minimum atomic E-state index is -1.89. The highest BCUT2D eigenvalue weighted by molar-refractivity contribution is 8.00. The van der Waals surface area contributed by atoms with E-state index in [2.05, 4.69) is 5.87 Å². The van der Waals surface area contributed by atoms with E-state index in [9.17, 15) is 9.00 Å². The van der Waals surface area contributed by atoms with Crippen LogP contribution in [0.25, 0.3) is 0 Å². The Morgan fingerprint density at radius 3 is 2.07 bits per heavy atom. The van der Waals surface area contributed by atoms with Gasteiger partial charge in [-0.3, -0.25) is 9.00 Å². The third-order valence-corrected chi connectivity index (χ3v) is 4.25. The fraction of sp³-hybridized carbons (Fsp3) is 0.800. The highest BCUT2D eigenvalue weighted by atomic mass is 32.2. The average Bonchev–Trinajstić information content (AvgIpc) is 2.01. The topological polar surface area (TPSA) is 37.4 Å². The summed E-state index contributed by atoms with van der Waals surface area (Å²) in [5.74, 6) is 4.92. The Hall–Kier alpha value is -0.510. The van der Waals surface area contributed by atoms with Crippen molar-refractivity contribution in [2.45, 2.75) is 20.8 Å². The lowest BCUT2D eigenvalue weighted by molar-refractivity contribution is -0.139. The zero-order valence-corrected chi connectivity index (χ0v) is 10.0. The van der Waals surface area contributed by atoms with Gasteiger partial charge in [-0.05, 0) is 15.4 Å². The predicted molar refractivity (Wildman–Crippen MR) is 61.0 cm³/mol. The van der Waals surface area contributed by atoms with Crippen LogP contribution in [0.4, 0.5) is 0 Å². The summed E-state index contributed by atoms with van der Waals surface area (Å²) in [6.45, 7) is 6.92.